The van der Waals surface area contributed by atoms with Crippen LogP contribution in [-0.2, 0) is 0 Å². The maximum absolute atomic E-state index is 13.6. The zero-order valence-electron chi connectivity index (χ0n) is 20.7. The fourth-order valence-electron chi connectivity index (χ4n) is 5.08. The molecule has 7 rings (SSSR count). The summed E-state index contributed by atoms with van der Waals surface area (Å²) in [5.41, 5.74) is 4.27. The third-order valence-electron chi connectivity index (χ3n) is 6.86. The Labute approximate surface area is 239 Å². The molecule has 0 N–H and O–H groups in total. The van der Waals surface area contributed by atoms with Gasteiger partial charge in [-0.25, -0.2) is 19.3 Å². The van der Waals surface area contributed by atoms with E-state index in [0.29, 0.717) is 45.2 Å². The van der Waals surface area contributed by atoms with Crippen molar-refractivity contribution in [1.82, 2.24) is 19.6 Å². The van der Waals surface area contributed by atoms with Gasteiger partial charge in [-0.15, -0.1) is 5.10 Å². The highest BCUT2D eigenvalue weighted by molar-refractivity contribution is 9.11. The Morgan fingerprint density at radius 3 is 2.54 bits per heavy atom. The highest BCUT2D eigenvalue weighted by Gasteiger charge is 2.38. The molecule has 0 saturated carbocycles. The Bertz CT molecular complexity index is 2000. The van der Waals surface area contributed by atoms with Crippen LogP contribution in [0.5, 0.6) is 11.6 Å². The number of nitrogens with zero attached hydrogens (tertiary/aromatic N) is 5. The maximum atomic E-state index is 13.6. The Balaban J connectivity index is 1.55. The van der Waals surface area contributed by atoms with Gasteiger partial charge in [-0.1, -0.05) is 46.3 Å². The van der Waals surface area contributed by atoms with Crippen LogP contribution in [0, 0.1) is 0 Å². The summed E-state index contributed by atoms with van der Waals surface area (Å²) in [5, 5.41) is 5.40. The van der Waals surface area contributed by atoms with Crippen LogP contribution in [0.4, 0.5) is 5.69 Å². The van der Waals surface area contributed by atoms with Crippen molar-refractivity contribution >= 4 is 54.2 Å². The average Bonchev–Trinajstić information content (AvgIpc) is 3.36. The van der Waals surface area contributed by atoms with Crippen molar-refractivity contribution in [2.45, 2.75) is 5.92 Å². The number of halogens is 2. The Hall–Kier alpha value is -4.02. The number of rotatable bonds is 3. The summed E-state index contributed by atoms with van der Waals surface area (Å²) in [6, 6.07) is 21.1. The molecule has 192 valence electrons. The minimum atomic E-state index is -0.565. The number of benzene rings is 3. The van der Waals surface area contributed by atoms with E-state index in [1.165, 1.54) is 0 Å². The Kier molecular flexibility index (Phi) is 5.57. The van der Waals surface area contributed by atoms with Gasteiger partial charge in [0.05, 0.1) is 28.1 Å². The van der Waals surface area contributed by atoms with E-state index in [2.05, 4.69) is 36.8 Å². The summed E-state index contributed by atoms with van der Waals surface area (Å²) in [4.78, 5) is 25.2. The molecule has 1 atom stereocenters. The second-order valence-electron chi connectivity index (χ2n) is 9.42. The van der Waals surface area contributed by atoms with Crippen molar-refractivity contribution in [2.75, 3.05) is 19.0 Å². The third-order valence-corrected chi connectivity index (χ3v) is 8.19. The minimum absolute atomic E-state index is 0.370. The van der Waals surface area contributed by atoms with Crippen LogP contribution in [0.1, 0.15) is 22.6 Å². The van der Waals surface area contributed by atoms with Gasteiger partial charge in [-0.3, -0.25) is 0 Å². The quantitative estimate of drug-likeness (QED) is 0.196. The first-order valence-electron chi connectivity index (χ1n) is 12.1. The van der Waals surface area contributed by atoms with E-state index in [-0.39, 0.29) is 0 Å². The molecule has 0 saturated heterocycles. The summed E-state index contributed by atoms with van der Waals surface area (Å²) >= 11 is 7.32. The van der Waals surface area contributed by atoms with Crippen LogP contribution in [0.2, 0.25) is 0 Å². The zero-order valence-corrected chi connectivity index (χ0v) is 23.9. The summed E-state index contributed by atoms with van der Waals surface area (Å²) in [7, 11) is 3.96. The Morgan fingerprint density at radius 2 is 1.74 bits per heavy atom. The first-order valence-corrected chi connectivity index (χ1v) is 13.7. The summed E-state index contributed by atoms with van der Waals surface area (Å²) in [6.45, 7) is 0. The van der Waals surface area contributed by atoms with Crippen molar-refractivity contribution < 1.29 is 9.15 Å². The summed E-state index contributed by atoms with van der Waals surface area (Å²) in [5.74, 6) is 0.769. The van der Waals surface area contributed by atoms with Crippen LogP contribution in [0.15, 0.2) is 91.2 Å². The van der Waals surface area contributed by atoms with Crippen LogP contribution in [0.3, 0.4) is 0 Å². The van der Waals surface area contributed by atoms with Gasteiger partial charge < -0.3 is 14.1 Å². The fourth-order valence-corrected chi connectivity index (χ4v) is 6.30. The van der Waals surface area contributed by atoms with Crippen molar-refractivity contribution in [2.24, 2.45) is 0 Å². The number of ether oxygens (including phenoxy) is 1. The van der Waals surface area contributed by atoms with Gasteiger partial charge >= 0.3 is 5.63 Å². The van der Waals surface area contributed by atoms with Gasteiger partial charge in [0.15, 0.2) is 17.2 Å². The molecule has 0 bridgehead atoms. The van der Waals surface area contributed by atoms with Gasteiger partial charge in [-0.2, -0.15) is 0 Å². The van der Waals surface area contributed by atoms with Crippen LogP contribution in [-0.4, -0.2) is 33.7 Å². The molecule has 39 heavy (non-hydrogen) atoms. The molecule has 0 fully saturated rings. The number of hydrogen-bond acceptors (Lipinski definition) is 7. The monoisotopic (exact) mass is 643 g/mol. The second kappa shape index (κ2) is 9.03. The standard InChI is InChI=1S/C29H19Br2N5O3/c1-35(2)20-12-11-15(13-19(20)31)22-23-25(17-8-4-6-10-21(17)38-29(23)37)39-28-24(22)27-33-26(34-36(27)14-32-28)16-7-3-5-9-18(16)30/h3-14,22H,1-2H3. The predicted molar refractivity (Wildman–Crippen MR) is 156 cm³/mol. The Morgan fingerprint density at radius 1 is 0.949 bits per heavy atom. The lowest BCUT2D eigenvalue weighted by molar-refractivity contribution is 0.422. The van der Waals surface area contributed by atoms with Crippen LogP contribution >= 0.6 is 31.9 Å². The molecule has 8 nitrogen and oxygen atoms in total. The molecular weight excluding hydrogens is 626 g/mol. The van der Waals surface area contributed by atoms with Gasteiger partial charge in [0.2, 0.25) is 5.88 Å². The predicted octanol–water partition coefficient (Wildman–Crippen LogP) is 6.77. The number of anilines is 1. The molecular formula is C29H19Br2N5O3. The van der Waals surface area contributed by atoms with E-state index in [1.54, 1.807) is 16.9 Å². The van der Waals surface area contributed by atoms with E-state index in [1.807, 2.05) is 79.7 Å². The van der Waals surface area contributed by atoms with E-state index in [0.717, 1.165) is 25.8 Å². The van der Waals surface area contributed by atoms with Crippen molar-refractivity contribution in [3.05, 3.63) is 109 Å². The van der Waals surface area contributed by atoms with E-state index < -0.39 is 11.5 Å². The summed E-state index contributed by atoms with van der Waals surface area (Å²) < 4.78 is 15.6. The molecule has 0 amide bonds. The topological polar surface area (TPSA) is 85.8 Å². The highest BCUT2D eigenvalue weighted by Crippen LogP contribution is 2.49. The molecule has 0 spiro atoms. The first-order chi connectivity index (χ1) is 18.9. The number of para-hydroxylation sites is 1. The average molecular weight is 645 g/mol. The lowest BCUT2D eigenvalue weighted by Gasteiger charge is -2.28. The van der Waals surface area contributed by atoms with E-state index in [9.17, 15) is 4.79 Å². The lowest BCUT2D eigenvalue weighted by Crippen LogP contribution is -2.22. The first kappa shape index (κ1) is 24.1. The molecule has 10 heteroatoms. The lowest BCUT2D eigenvalue weighted by atomic mass is 9.84. The molecule has 3 aromatic heterocycles. The van der Waals surface area contributed by atoms with Gasteiger partial charge in [0.1, 0.15) is 11.9 Å². The number of fused-ring (bicyclic) bond motifs is 6. The molecule has 1 unspecified atom stereocenters. The number of hydrogen-bond donors (Lipinski definition) is 0. The molecule has 0 aliphatic carbocycles. The molecule has 4 heterocycles. The molecule has 0 radical (unpaired) electrons. The van der Waals surface area contributed by atoms with Gasteiger partial charge in [0.25, 0.3) is 0 Å². The molecule has 1 aliphatic rings. The van der Waals surface area contributed by atoms with Crippen molar-refractivity contribution in [3.63, 3.8) is 0 Å². The van der Waals surface area contributed by atoms with Crippen molar-refractivity contribution in [3.8, 4) is 23.0 Å². The zero-order chi connectivity index (χ0) is 26.8. The van der Waals surface area contributed by atoms with Gasteiger partial charge in [-0.05, 0) is 57.9 Å². The van der Waals surface area contributed by atoms with E-state index >= 15 is 0 Å². The maximum Gasteiger partial charge on any atom is 0.344 e. The van der Waals surface area contributed by atoms with Crippen LogP contribution < -0.4 is 15.3 Å². The second-order valence-corrected chi connectivity index (χ2v) is 11.1. The van der Waals surface area contributed by atoms with Crippen LogP contribution in [0.25, 0.3) is 28.0 Å². The van der Waals surface area contributed by atoms with Gasteiger partial charge in [0, 0.05) is 28.6 Å². The largest absolute Gasteiger partial charge is 0.437 e. The highest BCUT2D eigenvalue weighted by atomic mass is 79.9. The van der Waals surface area contributed by atoms with Crippen molar-refractivity contribution in [1.29, 1.82) is 0 Å². The summed E-state index contributed by atoms with van der Waals surface area (Å²) in [6.07, 6.45) is 1.59. The SMILES string of the molecule is CN(C)c1ccc(C2c3c(c4ccccc4oc3=O)Oc3ncn4nc(-c5ccccc5Br)nc4c32)cc1Br. The normalized spacial score (nSPS) is 14.2. The number of aromatic nitrogens is 4. The third kappa shape index (κ3) is 3.77. The molecule has 6 aromatic rings. The fraction of sp³-hybridized carbons (Fsp3) is 0.103. The smallest absolute Gasteiger partial charge is 0.344 e. The molecule has 1 aliphatic heterocycles. The minimum Gasteiger partial charge on any atom is -0.437 e. The molecule has 3 aromatic carbocycles. The van der Waals surface area contributed by atoms with E-state index in [4.69, 9.17) is 19.2 Å².